The standard InChI is InChI=1S/C24H22ClN5O2.C23H19ClFN5O2.C23H22ClN5O.C19H14ClFN4O/c1-16-6-5-9-18(14-16)22-20-21(25)23(17-7-3-2-4-8-17)26-27-24(20)30(28-22)15-19(31)29-10-12-32-13-11-29;24-20-19-21(16-6-8-17(25)9-7-16)28-30(14-18(31)29-10-12-32-13-11-29)23(19)27-26-22(20)15-4-2-1-3-5-15;1-15(2)13-25-18(30)14-29-23-19(21(28-29)16-9-5-3-6-10-16)20(24)22(26-27-23)17-11-7-4-8-12-17;20-16-15-17(13-6-8-14(21)9-7-13)24-25(10-11-26)19(15)23-22-18(16)12-4-2-1-3-5-12/h2-9,14H,10-13,15H2,1H3;1-9H,10-14H2;3-12,15H,13-14H2,1-2H3,(H,25,30);1-9,26H,10-11H2. The number of halogens is 6. The fourth-order valence-corrected chi connectivity index (χ4v) is 15.1. The summed E-state index contributed by atoms with van der Waals surface area (Å²) < 4.78 is 43.8. The fraction of sp³-hybridized carbons (Fsp3) is 0.202. The van der Waals surface area contributed by atoms with Gasteiger partial charge in [-0.05, 0) is 67.4 Å². The fourth-order valence-electron chi connectivity index (χ4n) is 13.8. The molecular weight excluding hydrogens is 1610 g/mol. The molecule has 18 rings (SSSR count). The monoisotopic (exact) mass is 1690 g/mol. The molecule has 10 heterocycles. The number of amides is 3. The predicted molar refractivity (Wildman–Crippen MR) is 459 cm³/mol. The number of carbonyl (C=O) groups is 3. The van der Waals surface area contributed by atoms with E-state index in [9.17, 15) is 28.3 Å². The molecule has 2 fully saturated rings. The highest BCUT2D eigenvalue weighted by molar-refractivity contribution is 6.40. The normalized spacial score (nSPS) is 12.8. The van der Waals surface area contributed by atoms with E-state index < -0.39 is 0 Å². The lowest BCUT2D eigenvalue weighted by molar-refractivity contribution is -0.136. The van der Waals surface area contributed by atoms with Gasteiger partial charge in [0, 0.05) is 77.2 Å². The SMILES string of the molecule is CC(C)CNC(=O)Cn1nc(-c2ccccc2)c2c(Cl)c(-c3ccccc3)nnc21.Cc1cccc(-c2nn(CC(=O)N3CCOCC3)c3nnc(-c4ccccc4)c(Cl)c23)c1.O=C(Cn1nc(-c2ccc(F)cc2)c2c(Cl)c(-c3ccccc3)nnc21)N1CCOCC1.OCCn1nc(-c2ccc(F)cc2)c2c(Cl)c(-c3ccccc3)nnc21. The zero-order valence-corrected chi connectivity index (χ0v) is 68.2. The van der Waals surface area contributed by atoms with Crippen LogP contribution in [0.3, 0.4) is 0 Å². The van der Waals surface area contributed by atoms with Gasteiger partial charge in [0.2, 0.25) is 17.7 Å². The first-order chi connectivity index (χ1) is 58.5. The molecule has 0 atom stereocenters. The summed E-state index contributed by atoms with van der Waals surface area (Å²) in [5.41, 5.74) is 14.3. The summed E-state index contributed by atoms with van der Waals surface area (Å²) in [5, 5.41) is 70.0. The molecule has 16 aromatic rings. The third kappa shape index (κ3) is 18.4. The van der Waals surface area contributed by atoms with Gasteiger partial charge in [0.1, 0.15) is 76.8 Å². The van der Waals surface area contributed by atoms with E-state index >= 15 is 0 Å². The lowest BCUT2D eigenvalue weighted by atomic mass is 10.1. The van der Waals surface area contributed by atoms with Crippen LogP contribution in [0.1, 0.15) is 19.4 Å². The van der Waals surface area contributed by atoms with Crippen LogP contribution in [0.5, 0.6) is 0 Å². The molecule has 2 aliphatic rings. The summed E-state index contributed by atoms with van der Waals surface area (Å²) >= 11 is 27.2. The van der Waals surface area contributed by atoms with E-state index in [0.29, 0.717) is 186 Å². The molecular formula is C89H77Cl4F2N19O6. The second-order valence-corrected chi connectivity index (χ2v) is 30.0. The van der Waals surface area contributed by atoms with Crippen molar-refractivity contribution < 1.29 is 37.7 Å². The van der Waals surface area contributed by atoms with Gasteiger partial charge in [0.05, 0.1) is 81.2 Å². The van der Waals surface area contributed by atoms with E-state index in [0.717, 1.165) is 38.9 Å². The molecule has 2 saturated heterocycles. The van der Waals surface area contributed by atoms with E-state index in [1.54, 1.807) is 48.1 Å². The molecule has 0 unspecified atom stereocenters. The van der Waals surface area contributed by atoms with Crippen LogP contribution in [0.2, 0.25) is 20.1 Å². The molecule has 606 valence electrons. The number of fused-ring (bicyclic) bond motifs is 4. The number of benzene rings is 8. The lowest BCUT2D eigenvalue weighted by Gasteiger charge is -2.26. The van der Waals surface area contributed by atoms with Crippen molar-refractivity contribution in [3.63, 3.8) is 0 Å². The van der Waals surface area contributed by atoms with Crippen molar-refractivity contribution in [1.29, 1.82) is 0 Å². The average molecular weight is 1690 g/mol. The molecule has 0 spiro atoms. The minimum atomic E-state index is -0.351. The summed E-state index contributed by atoms with van der Waals surface area (Å²) in [6.07, 6.45) is 0. The Hall–Kier alpha value is -12.7. The Bertz CT molecular complexity index is 6320. The molecule has 2 aliphatic heterocycles. The summed E-state index contributed by atoms with van der Waals surface area (Å²) in [4.78, 5) is 41.7. The van der Waals surface area contributed by atoms with Crippen molar-refractivity contribution in [3.8, 4) is 90.1 Å². The van der Waals surface area contributed by atoms with Crippen LogP contribution in [-0.2, 0) is 50.0 Å². The number of ether oxygens (including phenoxy) is 2. The molecule has 0 aliphatic carbocycles. The summed E-state index contributed by atoms with van der Waals surface area (Å²) in [7, 11) is 0. The van der Waals surface area contributed by atoms with Gasteiger partial charge in [-0.2, -0.15) is 20.4 Å². The number of aliphatic hydroxyl groups is 1. The van der Waals surface area contributed by atoms with E-state index in [1.165, 1.54) is 28.9 Å². The van der Waals surface area contributed by atoms with Crippen LogP contribution in [0.4, 0.5) is 8.78 Å². The van der Waals surface area contributed by atoms with Crippen molar-refractivity contribution >= 4 is 108 Å². The number of hydrogen-bond acceptors (Lipinski definition) is 18. The molecule has 8 aromatic carbocycles. The van der Waals surface area contributed by atoms with Gasteiger partial charge in [0.25, 0.3) is 0 Å². The Balaban J connectivity index is 0.000000125. The van der Waals surface area contributed by atoms with Gasteiger partial charge >= 0.3 is 0 Å². The van der Waals surface area contributed by atoms with Crippen molar-refractivity contribution in [2.45, 2.75) is 47.0 Å². The minimum Gasteiger partial charge on any atom is -0.394 e. The van der Waals surface area contributed by atoms with Crippen LogP contribution in [0.25, 0.3) is 134 Å². The Morgan fingerprint density at radius 1 is 0.383 bits per heavy atom. The first kappa shape index (κ1) is 82.4. The molecule has 0 radical (unpaired) electrons. The maximum Gasteiger partial charge on any atom is 0.244 e. The van der Waals surface area contributed by atoms with E-state index in [-0.39, 0.29) is 62.1 Å². The van der Waals surface area contributed by atoms with Crippen LogP contribution in [-0.4, -0.2) is 178 Å². The van der Waals surface area contributed by atoms with Gasteiger partial charge in [-0.1, -0.05) is 236 Å². The van der Waals surface area contributed by atoms with Crippen LogP contribution < -0.4 is 5.32 Å². The van der Waals surface area contributed by atoms with Crippen molar-refractivity contribution in [1.82, 2.24) is 95.0 Å². The summed E-state index contributed by atoms with van der Waals surface area (Å²) in [5.74, 6) is -0.560. The number of nitrogens with zero attached hydrogens (tertiary/aromatic N) is 18. The molecule has 3 amide bonds. The van der Waals surface area contributed by atoms with Gasteiger partial charge in [0.15, 0.2) is 22.6 Å². The number of nitrogens with one attached hydrogen (secondary N) is 1. The number of morpholine rings is 2. The molecule has 8 aromatic heterocycles. The van der Waals surface area contributed by atoms with Gasteiger partial charge < -0.3 is 29.7 Å². The van der Waals surface area contributed by atoms with E-state index in [1.807, 2.05) is 191 Å². The highest BCUT2D eigenvalue weighted by Crippen LogP contribution is 2.42. The van der Waals surface area contributed by atoms with Crippen molar-refractivity contribution in [2.75, 3.05) is 65.8 Å². The first-order valence-corrected chi connectivity index (χ1v) is 40.1. The quantitative estimate of drug-likeness (QED) is 0.0807. The third-order valence-electron chi connectivity index (χ3n) is 19.8. The lowest BCUT2D eigenvalue weighted by Crippen LogP contribution is -2.42. The minimum absolute atomic E-state index is 0.00656. The van der Waals surface area contributed by atoms with Gasteiger partial charge in [-0.25, -0.2) is 27.5 Å². The van der Waals surface area contributed by atoms with Crippen molar-refractivity contribution in [3.05, 3.63) is 262 Å². The van der Waals surface area contributed by atoms with Crippen LogP contribution in [0, 0.1) is 24.5 Å². The Kier molecular flexibility index (Phi) is 26.0. The van der Waals surface area contributed by atoms with Gasteiger partial charge in [-0.15, -0.1) is 40.8 Å². The highest BCUT2D eigenvalue weighted by Gasteiger charge is 2.29. The summed E-state index contributed by atoms with van der Waals surface area (Å²) in [6.45, 7) is 11.3. The Morgan fingerprint density at radius 2 is 0.675 bits per heavy atom. The summed E-state index contributed by atoms with van der Waals surface area (Å²) in [6, 6.07) is 68.1. The smallest absolute Gasteiger partial charge is 0.244 e. The zero-order chi connectivity index (χ0) is 83.3. The second-order valence-electron chi connectivity index (χ2n) is 28.5. The molecule has 0 saturated carbocycles. The highest BCUT2D eigenvalue weighted by atomic mass is 35.5. The van der Waals surface area contributed by atoms with E-state index in [4.69, 9.17) is 66.1 Å². The molecule has 2 N–H and O–H groups in total. The molecule has 0 bridgehead atoms. The average Bonchev–Trinajstić information content (AvgIpc) is 1.62. The Labute approximate surface area is 707 Å². The molecule has 31 heteroatoms. The molecule has 120 heavy (non-hydrogen) atoms. The number of carbonyl (C=O) groups excluding carboxylic acids is 3. The first-order valence-electron chi connectivity index (χ1n) is 38.6. The van der Waals surface area contributed by atoms with E-state index in [2.05, 4.69) is 62.4 Å². The van der Waals surface area contributed by atoms with Crippen LogP contribution in [0.15, 0.2) is 224 Å². The Morgan fingerprint density at radius 3 is 1.00 bits per heavy atom. The van der Waals surface area contributed by atoms with Crippen molar-refractivity contribution in [2.24, 2.45) is 5.92 Å². The maximum absolute atomic E-state index is 13.5. The maximum atomic E-state index is 13.5. The topological polar surface area (TPSA) is 283 Å². The third-order valence-corrected chi connectivity index (χ3v) is 21.2. The number of aryl methyl sites for hydroxylation is 1. The number of aliphatic hydroxyl groups excluding tert-OH is 1. The predicted octanol–water partition coefficient (Wildman–Crippen LogP) is 16.3. The van der Waals surface area contributed by atoms with Gasteiger partial charge in [-0.3, -0.25) is 14.4 Å². The second kappa shape index (κ2) is 37.9. The van der Waals surface area contributed by atoms with Crippen LogP contribution >= 0.6 is 46.4 Å². The largest absolute Gasteiger partial charge is 0.394 e. The molecule has 25 nitrogen and oxygen atoms in total. The number of aromatic nitrogens is 16. The number of rotatable bonds is 18. The zero-order valence-electron chi connectivity index (χ0n) is 65.1. The number of hydrogen-bond donors (Lipinski definition) is 2.